The van der Waals surface area contributed by atoms with E-state index < -0.39 is 0 Å². The topological polar surface area (TPSA) is 63.6 Å². The lowest BCUT2D eigenvalue weighted by molar-refractivity contribution is 1.04. The molecule has 3 heterocycles. The third kappa shape index (κ3) is 2.81. The van der Waals surface area contributed by atoms with E-state index in [-0.39, 0.29) is 0 Å². The van der Waals surface area contributed by atoms with E-state index in [1.165, 1.54) is 5.56 Å². The highest BCUT2D eigenvalue weighted by Gasteiger charge is 2.06. The van der Waals surface area contributed by atoms with Crippen LogP contribution in [-0.2, 0) is 6.54 Å². The zero-order valence-electron chi connectivity index (χ0n) is 12.4. The zero-order valence-corrected chi connectivity index (χ0v) is 12.4. The minimum absolute atomic E-state index is 0.668. The van der Waals surface area contributed by atoms with Gasteiger partial charge in [-0.2, -0.15) is 0 Å². The summed E-state index contributed by atoms with van der Waals surface area (Å²) in [6.07, 6.45) is 3.46. The Morgan fingerprint density at radius 3 is 2.67 bits per heavy atom. The average molecular weight is 279 g/mol. The summed E-state index contributed by atoms with van der Waals surface area (Å²) in [7, 11) is 0. The van der Waals surface area contributed by atoms with Crippen LogP contribution in [0.25, 0.3) is 11.0 Å². The summed E-state index contributed by atoms with van der Waals surface area (Å²) in [6, 6.07) is 5.99. The molecule has 0 saturated heterocycles. The Labute approximate surface area is 123 Å². The zero-order chi connectivity index (χ0) is 14.8. The molecule has 0 amide bonds. The third-order valence-electron chi connectivity index (χ3n) is 3.42. The van der Waals surface area contributed by atoms with Crippen LogP contribution in [0.3, 0.4) is 0 Å². The molecular weight excluding hydrogens is 262 g/mol. The van der Waals surface area contributed by atoms with Crippen molar-refractivity contribution in [2.45, 2.75) is 27.3 Å². The van der Waals surface area contributed by atoms with Crippen molar-refractivity contribution in [2.75, 3.05) is 5.32 Å². The summed E-state index contributed by atoms with van der Waals surface area (Å²) >= 11 is 0. The molecule has 5 heteroatoms. The number of pyridine rings is 2. The smallest absolute Gasteiger partial charge is 0.156 e. The summed E-state index contributed by atoms with van der Waals surface area (Å²) < 4.78 is 0. The van der Waals surface area contributed by atoms with Crippen LogP contribution >= 0.6 is 0 Å². The highest BCUT2D eigenvalue weighted by atomic mass is 15.0. The molecule has 0 saturated carbocycles. The number of rotatable bonds is 3. The fourth-order valence-electron chi connectivity index (χ4n) is 2.26. The molecule has 0 aliphatic rings. The first-order valence-electron chi connectivity index (χ1n) is 6.88. The van der Waals surface area contributed by atoms with Crippen LogP contribution < -0.4 is 5.32 Å². The minimum atomic E-state index is 0.668. The first-order chi connectivity index (χ1) is 10.1. The Morgan fingerprint density at radius 1 is 1.00 bits per heavy atom. The molecule has 0 fully saturated rings. The number of aromatic nitrogens is 4. The van der Waals surface area contributed by atoms with Gasteiger partial charge in [0.05, 0.1) is 5.52 Å². The molecule has 21 heavy (non-hydrogen) atoms. The number of aryl methyl sites for hydroxylation is 3. The number of anilines is 1. The molecule has 0 bridgehead atoms. The highest BCUT2D eigenvalue weighted by molar-refractivity contribution is 5.84. The molecule has 5 nitrogen and oxygen atoms in total. The van der Waals surface area contributed by atoms with Crippen LogP contribution in [-0.4, -0.2) is 19.9 Å². The molecule has 3 rings (SSSR count). The van der Waals surface area contributed by atoms with E-state index in [9.17, 15) is 0 Å². The van der Waals surface area contributed by atoms with Gasteiger partial charge in [0.1, 0.15) is 11.8 Å². The summed E-state index contributed by atoms with van der Waals surface area (Å²) in [5.41, 5.74) is 6.00. The van der Waals surface area contributed by atoms with Gasteiger partial charge in [0, 0.05) is 24.1 Å². The largest absolute Gasteiger partial charge is 0.364 e. The summed E-state index contributed by atoms with van der Waals surface area (Å²) in [5, 5.41) is 3.34. The fourth-order valence-corrected chi connectivity index (χ4v) is 2.26. The minimum Gasteiger partial charge on any atom is -0.364 e. The molecule has 0 spiro atoms. The Hall–Kier alpha value is -2.56. The number of fused-ring (bicyclic) bond motifs is 1. The normalized spacial score (nSPS) is 10.8. The van der Waals surface area contributed by atoms with Gasteiger partial charge >= 0.3 is 0 Å². The molecule has 0 unspecified atom stereocenters. The maximum atomic E-state index is 4.52. The van der Waals surface area contributed by atoms with Crippen LogP contribution in [0.15, 0.2) is 30.7 Å². The van der Waals surface area contributed by atoms with Gasteiger partial charge in [-0.1, -0.05) is 0 Å². The predicted octanol–water partition coefficient (Wildman–Crippen LogP) is 2.96. The number of hydrogen-bond donors (Lipinski definition) is 1. The predicted molar refractivity (Wildman–Crippen MR) is 83.1 cm³/mol. The lowest BCUT2D eigenvalue weighted by atomic mass is 10.1. The molecule has 0 atom stereocenters. The van der Waals surface area contributed by atoms with Gasteiger partial charge in [-0.15, -0.1) is 0 Å². The second kappa shape index (κ2) is 5.44. The lowest BCUT2D eigenvalue weighted by Gasteiger charge is -2.10. The Balaban J connectivity index is 1.90. The SMILES string of the molecule is Cc1cc(C)c(CNc2ncnc3ccc(C)nc23)cn1. The van der Waals surface area contributed by atoms with Crippen LogP contribution in [0, 0.1) is 20.8 Å². The fraction of sp³-hybridized carbons (Fsp3) is 0.250. The van der Waals surface area contributed by atoms with Crippen LogP contribution in [0.1, 0.15) is 22.5 Å². The monoisotopic (exact) mass is 279 g/mol. The molecule has 0 aliphatic heterocycles. The van der Waals surface area contributed by atoms with E-state index in [2.05, 4.69) is 38.2 Å². The van der Waals surface area contributed by atoms with Crippen LogP contribution in [0.4, 0.5) is 5.82 Å². The average Bonchev–Trinajstić information content (AvgIpc) is 2.46. The van der Waals surface area contributed by atoms with Crippen molar-refractivity contribution in [3.05, 3.63) is 53.2 Å². The van der Waals surface area contributed by atoms with E-state index >= 15 is 0 Å². The molecule has 106 valence electrons. The molecule has 3 aromatic heterocycles. The van der Waals surface area contributed by atoms with Crippen molar-refractivity contribution >= 4 is 16.9 Å². The summed E-state index contributed by atoms with van der Waals surface area (Å²) in [6.45, 7) is 6.71. The summed E-state index contributed by atoms with van der Waals surface area (Å²) in [5.74, 6) is 0.753. The second-order valence-corrected chi connectivity index (χ2v) is 5.15. The quantitative estimate of drug-likeness (QED) is 0.798. The molecule has 3 aromatic rings. The first kappa shape index (κ1) is 13.4. The Bertz CT molecular complexity index is 798. The summed E-state index contributed by atoms with van der Waals surface area (Å²) in [4.78, 5) is 17.4. The van der Waals surface area contributed by atoms with Gasteiger partial charge in [0.25, 0.3) is 0 Å². The second-order valence-electron chi connectivity index (χ2n) is 5.15. The van der Waals surface area contributed by atoms with E-state index in [1.807, 2.05) is 32.2 Å². The molecule has 0 aliphatic carbocycles. The number of nitrogens with one attached hydrogen (secondary N) is 1. The number of nitrogens with zero attached hydrogens (tertiary/aromatic N) is 4. The van der Waals surface area contributed by atoms with Crippen molar-refractivity contribution < 1.29 is 0 Å². The molecule has 0 aromatic carbocycles. The van der Waals surface area contributed by atoms with Gasteiger partial charge in [-0.25, -0.2) is 15.0 Å². The van der Waals surface area contributed by atoms with Crippen molar-refractivity contribution in [1.29, 1.82) is 0 Å². The maximum absolute atomic E-state index is 4.52. The van der Waals surface area contributed by atoms with Crippen molar-refractivity contribution in [3.63, 3.8) is 0 Å². The maximum Gasteiger partial charge on any atom is 0.156 e. The molecular formula is C16H17N5. The van der Waals surface area contributed by atoms with Crippen LogP contribution in [0.5, 0.6) is 0 Å². The van der Waals surface area contributed by atoms with Crippen molar-refractivity contribution in [2.24, 2.45) is 0 Å². The Morgan fingerprint density at radius 2 is 1.86 bits per heavy atom. The third-order valence-corrected chi connectivity index (χ3v) is 3.42. The van der Waals surface area contributed by atoms with Gasteiger partial charge in [0.15, 0.2) is 5.82 Å². The van der Waals surface area contributed by atoms with E-state index in [4.69, 9.17) is 0 Å². The van der Waals surface area contributed by atoms with Crippen molar-refractivity contribution in [1.82, 2.24) is 19.9 Å². The van der Waals surface area contributed by atoms with Crippen LogP contribution in [0.2, 0.25) is 0 Å². The van der Waals surface area contributed by atoms with E-state index in [0.717, 1.165) is 33.8 Å². The van der Waals surface area contributed by atoms with Crippen molar-refractivity contribution in [3.8, 4) is 0 Å². The molecule has 0 radical (unpaired) electrons. The highest BCUT2D eigenvalue weighted by Crippen LogP contribution is 2.18. The molecule has 1 N–H and O–H groups in total. The first-order valence-corrected chi connectivity index (χ1v) is 6.88. The van der Waals surface area contributed by atoms with Gasteiger partial charge in [0.2, 0.25) is 0 Å². The Kier molecular flexibility index (Phi) is 3.48. The van der Waals surface area contributed by atoms with E-state index in [0.29, 0.717) is 6.54 Å². The van der Waals surface area contributed by atoms with Gasteiger partial charge < -0.3 is 5.32 Å². The van der Waals surface area contributed by atoms with Gasteiger partial charge in [-0.05, 0) is 50.1 Å². The lowest BCUT2D eigenvalue weighted by Crippen LogP contribution is -2.05. The van der Waals surface area contributed by atoms with Gasteiger partial charge in [-0.3, -0.25) is 4.98 Å². The standard InChI is InChI=1S/C16H17N5/c1-10-6-12(3)17-7-13(10)8-18-16-15-14(19-9-20-16)5-4-11(2)21-15/h4-7,9H,8H2,1-3H3,(H,18,19,20). The number of hydrogen-bond acceptors (Lipinski definition) is 5. The van der Waals surface area contributed by atoms with E-state index in [1.54, 1.807) is 6.33 Å².